The van der Waals surface area contributed by atoms with Crippen molar-refractivity contribution < 1.29 is 24.5 Å². The number of benzene rings is 2. The SMILES string of the molecule is CC(C)(C)N(C(=O)O)[C@@H](Cc1ccccc1)[C@H](O)CNCc1ccc2c(c1)OCO2. The molecule has 0 fully saturated rings. The smallest absolute Gasteiger partial charge is 0.408 e. The highest BCUT2D eigenvalue weighted by atomic mass is 16.7. The fourth-order valence-electron chi connectivity index (χ4n) is 3.73. The maximum atomic E-state index is 12.1. The van der Waals surface area contributed by atoms with Gasteiger partial charge in [-0.3, -0.25) is 4.90 Å². The van der Waals surface area contributed by atoms with E-state index in [1.165, 1.54) is 4.90 Å². The molecule has 3 N–H and O–H groups in total. The van der Waals surface area contributed by atoms with Crippen molar-refractivity contribution in [1.82, 2.24) is 10.2 Å². The summed E-state index contributed by atoms with van der Waals surface area (Å²) < 4.78 is 10.7. The summed E-state index contributed by atoms with van der Waals surface area (Å²) in [7, 11) is 0. The Labute approximate surface area is 177 Å². The first-order chi connectivity index (χ1) is 14.3. The molecule has 3 rings (SSSR count). The molecule has 0 aliphatic carbocycles. The lowest BCUT2D eigenvalue weighted by atomic mass is 9.94. The summed E-state index contributed by atoms with van der Waals surface area (Å²) in [6.07, 6.45) is -1.50. The van der Waals surface area contributed by atoms with E-state index in [9.17, 15) is 15.0 Å². The molecule has 0 saturated carbocycles. The van der Waals surface area contributed by atoms with Crippen molar-refractivity contribution in [3.63, 3.8) is 0 Å². The van der Waals surface area contributed by atoms with E-state index in [1.807, 2.05) is 69.3 Å². The lowest BCUT2D eigenvalue weighted by Crippen LogP contribution is -2.58. The molecule has 0 bridgehead atoms. The summed E-state index contributed by atoms with van der Waals surface area (Å²) in [5, 5.41) is 24.1. The highest BCUT2D eigenvalue weighted by molar-refractivity contribution is 5.66. The first kappa shape index (κ1) is 21.9. The highest BCUT2D eigenvalue weighted by Crippen LogP contribution is 2.32. The molecular weight excluding hydrogens is 384 g/mol. The molecule has 1 aliphatic rings. The molecule has 7 heteroatoms. The first-order valence-corrected chi connectivity index (χ1v) is 10.1. The average Bonchev–Trinajstić information content (AvgIpc) is 3.14. The minimum atomic E-state index is -1.04. The standard InChI is InChI=1S/C23H30N2O5/c1-23(2,3)25(22(27)28)18(11-16-7-5-4-6-8-16)19(26)14-24-13-17-9-10-20-21(12-17)30-15-29-20/h4-10,12,18-19,24,26H,11,13-15H2,1-3H3,(H,27,28)/t18-,19+/m0/s1. The highest BCUT2D eigenvalue weighted by Gasteiger charge is 2.37. The number of carboxylic acid groups (broad SMARTS) is 1. The third kappa shape index (κ3) is 5.43. The van der Waals surface area contributed by atoms with Gasteiger partial charge in [0.1, 0.15) is 0 Å². The average molecular weight is 415 g/mol. The van der Waals surface area contributed by atoms with E-state index >= 15 is 0 Å². The fraction of sp³-hybridized carbons (Fsp3) is 0.435. The van der Waals surface area contributed by atoms with Crippen LogP contribution in [0.1, 0.15) is 31.9 Å². The number of hydrogen-bond acceptors (Lipinski definition) is 5. The molecule has 7 nitrogen and oxygen atoms in total. The summed E-state index contributed by atoms with van der Waals surface area (Å²) >= 11 is 0. The summed E-state index contributed by atoms with van der Waals surface area (Å²) in [6, 6.07) is 14.8. The number of aliphatic hydroxyl groups is 1. The van der Waals surface area contributed by atoms with Gasteiger partial charge >= 0.3 is 6.09 Å². The van der Waals surface area contributed by atoms with Gasteiger partial charge in [0.25, 0.3) is 0 Å². The minimum absolute atomic E-state index is 0.226. The fourth-order valence-corrected chi connectivity index (χ4v) is 3.73. The van der Waals surface area contributed by atoms with Crippen molar-refractivity contribution in [2.45, 2.75) is 51.4 Å². The van der Waals surface area contributed by atoms with Gasteiger partial charge in [-0.25, -0.2) is 4.79 Å². The Bertz CT molecular complexity index is 850. The maximum absolute atomic E-state index is 12.1. The van der Waals surface area contributed by atoms with Crippen molar-refractivity contribution in [3.05, 3.63) is 59.7 Å². The Kier molecular flexibility index (Phi) is 6.84. The van der Waals surface area contributed by atoms with E-state index in [1.54, 1.807) is 0 Å². The molecule has 2 aromatic rings. The number of nitrogens with zero attached hydrogens (tertiary/aromatic N) is 1. The summed E-state index contributed by atoms with van der Waals surface area (Å²) in [5.41, 5.74) is 1.33. The monoisotopic (exact) mass is 414 g/mol. The minimum Gasteiger partial charge on any atom is -0.465 e. The van der Waals surface area contributed by atoms with E-state index in [0.29, 0.717) is 18.7 Å². The number of hydrogen-bond donors (Lipinski definition) is 3. The maximum Gasteiger partial charge on any atom is 0.408 e. The van der Waals surface area contributed by atoms with Crippen molar-refractivity contribution in [2.75, 3.05) is 13.3 Å². The van der Waals surface area contributed by atoms with Gasteiger partial charge in [0.05, 0.1) is 12.1 Å². The van der Waals surface area contributed by atoms with Crippen LogP contribution in [0.2, 0.25) is 0 Å². The van der Waals surface area contributed by atoms with Crippen LogP contribution in [-0.2, 0) is 13.0 Å². The molecule has 0 unspecified atom stereocenters. The predicted molar refractivity (Wildman–Crippen MR) is 114 cm³/mol. The number of carbonyl (C=O) groups is 1. The van der Waals surface area contributed by atoms with Gasteiger partial charge in [-0.1, -0.05) is 36.4 Å². The first-order valence-electron chi connectivity index (χ1n) is 10.1. The number of rotatable bonds is 8. The van der Waals surface area contributed by atoms with Gasteiger partial charge < -0.3 is 25.0 Å². The van der Waals surface area contributed by atoms with Gasteiger partial charge in [-0.2, -0.15) is 0 Å². The van der Waals surface area contributed by atoms with Crippen LogP contribution >= 0.6 is 0 Å². The largest absolute Gasteiger partial charge is 0.465 e. The zero-order valence-electron chi connectivity index (χ0n) is 17.7. The molecule has 30 heavy (non-hydrogen) atoms. The van der Waals surface area contributed by atoms with E-state index in [2.05, 4.69) is 5.32 Å². The van der Waals surface area contributed by atoms with Crippen LogP contribution in [0.15, 0.2) is 48.5 Å². The summed E-state index contributed by atoms with van der Waals surface area (Å²) in [5.74, 6) is 1.44. The van der Waals surface area contributed by atoms with Crippen molar-refractivity contribution in [1.29, 1.82) is 0 Å². The molecule has 1 heterocycles. The Hall–Kier alpha value is -2.77. The van der Waals surface area contributed by atoms with Gasteiger partial charge in [0.15, 0.2) is 11.5 Å². The van der Waals surface area contributed by atoms with Crippen LogP contribution in [0.25, 0.3) is 0 Å². The van der Waals surface area contributed by atoms with Crippen molar-refractivity contribution in [2.24, 2.45) is 0 Å². The summed E-state index contributed by atoms with van der Waals surface area (Å²) in [4.78, 5) is 13.4. The topological polar surface area (TPSA) is 91.3 Å². The van der Waals surface area contributed by atoms with Gasteiger partial charge in [-0.05, 0) is 50.5 Å². The van der Waals surface area contributed by atoms with Gasteiger partial charge in [-0.15, -0.1) is 0 Å². The van der Waals surface area contributed by atoms with Crippen molar-refractivity contribution in [3.8, 4) is 11.5 Å². The molecule has 2 atom stereocenters. The van der Waals surface area contributed by atoms with Crippen LogP contribution in [0.5, 0.6) is 11.5 Å². The number of amides is 1. The molecule has 1 aliphatic heterocycles. The predicted octanol–water partition coefficient (Wildman–Crippen LogP) is 3.26. The van der Waals surface area contributed by atoms with E-state index in [-0.39, 0.29) is 13.3 Å². The molecule has 2 aromatic carbocycles. The second kappa shape index (κ2) is 9.36. The second-order valence-corrected chi connectivity index (χ2v) is 8.47. The number of aliphatic hydroxyl groups excluding tert-OH is 1. The van der Waals surface area contributed by atoms with E-state index in [0.717, 1.165) is 16.9 Å². The van der Waals surface area contributed by atoms with Crippen molar-refractivity contribution >= 4 is 6.09 Å². The van der Waals surface area contributed by atoms with Crippen LogP contribution in [0.4, 0.5) is 4.79 Å². The third-order valence-electron chi connectivity index (χ3n) is 5.11. The Morgan fingerprint density at radius 3 is 2.47 bits per heavy atom. The van der Waals surface area contributed by atoms with Gasteiger partial charge in [0, 0.05) is 18.6 Å². The number of ether oxygens (including phenoxy) is 2. The zero-order chi connectivity index (χ0) is 21.7. The molecular formula is C23H30N2O5. The van der Waals surface area contributed by atoms with Gasteiger partial charge in [0.2, 0.25) is 6.79 Å². The lowest BCUT2D eigenvalue weighted by Gasteiger charge is -2.42. The quantitative estimate of drug-likeness (QED) is 0.614. The Balaban J connectivity index is 1.69. The Morgan fingerprint density at radius 1 is 1.10 bits per heavy atom. The number of nitrogens with one attached hydrogen (secondary N) is 1. The molecule has 0 aromatic heterocycles. The molecule has 0 radical (unpaired) electrons. The molecule has 1 amide bonds. The zero-order valence-corrected chi connectivity index (χ0v) is 17.7. The number of fused-ring (bicyclic) bond motifs is 1. The summed E-state index contributed by atoms with van der Waals surface area (Å²) in [6.45, 7) is 6.52. The third-order valence-corrected chi connectivity index (χ3v) is 5.11. The van der Waals surface area contributed by atoms with Crippen LogP contribution < -0.4 is 14.8 Å². The van der Waals surface area contributed by atoms with E-state index in [4.69, 9.17) is 9.47 Å². The van der Waals surface area contributed by atoms with Crippen LogP contribution in [0.3, 0.4) is 0 Å². The van der Waals surface area contributed by atoms with Crippen LogP contribution in [0, 0.1) is 0 Å². The second-order valence-electron chi connectivity index (χ2n) is 8.47. The molecule has 0 spiro atoms. The molecule has 162 valence electrons. The normalized spacial score (nSPS) is 14.9. The van der Waals surface area contributed by atoms with E-state index < -0.39 is 23.8 Å². The lowest BCUT2D eigenvalue weighted by molar-refractivity contribution is 0.00770. The molecule has 0 saturated heterocycles. The Morgan fingerprint density at radius 2 is 1.80 bits per heavy atom. The van der Waals surface area contributed by atoms with Crippen LogP contribution in [-0.4, -0.2) is 52.2 Å².